The molecule has 0 atom stereocenters. The minimum atomic E-state index is -3.00. The Morgan fingerprint density at radius 1 is 1.20 bits per heavy atom. The highest BCUT2D eigenvalue weighted by Crippen LogP contribution is 2.20. The van der Waals surface area contributed by atoms with E-state index in [2.05, 4.69) is 0 Å². The van der Waals surface area contributed by atoms with E-state index in [1.807, 2.05) is 0 Å². The van der Waals surface area contributed by atoms with Gasteiger partial charge >= 0.3 is 0 Å². The molecule has 0 bridgehead atoms. The van der Waals surface area contributed by atoms with Crippen LogP contribution in [0.1, 0.15) is 23.2 Å². The van der Waals surface area contributed by atoms with Crippen molar-refractivity contribution in [2.45, 2.75) is 18.1 Å². The van der Waals surface area contributed by atoms with Gasteiger partial charge in [-0.2, -0.15) is 0 Å². The maximum absolute atomic E-state index is 12.3. The summed E-state index contributed by atoms with van der Waals surface area (Å²) < 4.78 is 28.0. The Labute approximate surface area is 119 Å². The van der Waals surface area contributed by atoms with Crippen LogP contribution in [0.4, 0.5) is 0 Å². The summed E-state index contributed by atoms with van der Waals surface area (Å²) >= 11 is 0. The smallest absolute Gasteiger partial charge is 0.253 e. The number of likely N-dealkylation sites (tertiary alicyclic amines) is 1. The van der Waals surface area contributed by atoms with Gasteiger partial charge in [0.05, 0.1) is 12.4 Å². The fraction of sp³-hybridized carbons (Fsp3) is 0.500. The van der Waals surface area contributed by atoms with Crippen LogP contribution in [0.15, 0.2) is 24.3 Å². The molecule has 5 nitrogen and oxygen atoms in total. The quantitative estimate of drug-likeness (QED) is 0.844. The zero-order valence-electron chi connectivity index (χ0n) is 11.7. The van der Waals surface area contributed by atoms with Crippen molar-refractivity contribution >= 4 is 15.7 Å². The first-order valence-corrected chi connectivity index (χ1v) is 8.49. The summed E-state index contributed by atoms with van der Waals surface area (Å²) in [5, 5.41) is -0.317. The number of carbonyl (C=O) groups excluding carboxylic acids is 1. The second kappa shape index (κ2) is 5.83. The molecule has 1 amide bonds. The first-order chi connectivity index (χ1) is 9.41. The molecule has 0 unspecified atom stereocenters. The zero-order chi connectivity index (χ0) is 14.8. The fourth-order valence-electron chi connectivity index (χ4n) is 2.40. The number of methoxy groups -OCH3 is 1. The number of nitrogens with zero attached hydrogens (tertiary/aromatic N) is 1. The Balaban J connectivity index is 2.01. The summed E-state index contributed by atoms with van der Waals surface area (Å²) in [6.45, 7) is 0.977. The lowest BCUT2D eigenvalue weighted by atomic mass is 10.1. The number of sulfone groups is 1. The van der Waals surface area contributed by atoms with Crippen LogP contribution in [-0.4, -0.2) is 50.9 Å². The maximum Gasteiger partial charge on any atom is 0.253 e. The summed E-state index contributed by atoms with van der Waals surface area (Å²) in [5.74, 6) is 0.650. The molecule has 1 aromatic carbocycles. The van der Waals surface area contributed by atoms with E-state index in [1.165, 1.54) is 6.26 Å². The van der Waals surface area contributed by atoms with E-state index in [1.54, 1.807) is 36.3 Å². The van der Waals surface area contributed by atoms with Gasteiger partial charge in [-0.1, -0.05) is 0 Å². The minimum absolute atomic E-state index is 0.0559. The van der Waals surface area contributed by atoms with Crippen molar-refractivity contribution in [3.05, 3.63) is 29.8 Å². The number of amides is 1. The molecule has 6 heteroatoms. The van der Waals surface area contributed by atoms with E-state index < -0.39 is 9.84 Å². The van der Waals surface area contributed by atoms with Crippen molar-refractivity contribution in [3.8, 4) is 5.75 Å². The predicted molar refractivity (Wildman–Crippen MR) is 76.8 cm³/mol. The molecule has 1 aromatic rings. The summed E-state index contributed by atoms with van der Waals surface area (Å²) in [6, 6.07) is 6.95. The van der Waals surface area contributed by atoms with Gasteiger partial charge in [-0.3, -0.25) is 4.79 Å². The number of benzene rings is 1. The van der Waals surface area contributed by atoms with Gasteiger partial charge in [0.2, 0.25) is 0 Å². The third kappa shape index (κ3) is 3.30. The van der Waals surface area contributed by atoms with Crippen LogP contribution in [-0.2, 0) is 9.84 Å². The van der Waals surface area contributed by atoms with Crippen molar-refractivity contribution in [2.75, 3.05) is 26.5 Å². The van der Waals surface area contributed by atoms with E-state index in [9.17, 15) is 13.2 Å². The molecule has 0 saturated carbocycles. The van der Waals surface area contributed by atoms with Gasteiger partial charge < -0.3 is 9.64 Å². The van der Waals surface area contributed by atoms with E-state index >= 15 is 0 Å². The third-order valence-corrected chi connectivity index (χ3v) is 5.35. The zero-order valence-corrected chi connectivity index (χ0v) is 12.5. The second-order valence-electron chi connectivity index (χ2n) is 5.05. The van der Waals surface area contributed by atoms with E-state index in [-0.39, 0.29) is 11.2 Å². The largest absolute Gasteiger partial charge is 0.497 e. The Hall–Kier alpha value is -1.56. The Bertz CT molecular complexity index is 572. The van der Waals surface area contributed by atoms with Crippen LogP contribution in [0.25, 0.3) is 0 Å². The van der Waals surface area contributed by atoms with Crippen LogP contribution >= 0.6 is 0 Å². The van der Waals surface area contributed by atoms with E-state index in [4.69, 9.17) is 4.74 Å². The van der Waals surface area contributed by atoms with Crippen molar-refractivity contribution in [3.63, 3.8) is 0 Å². The average molecular weight is 297 g/mol. The molecule has 110 valence electrons. The molecule has 1 aliphatic heterocycles. The standard InChI is InChI=1S/C14H19NO4S/c1-19-12-5-3-11(4-6-12)14(16)15-9-7-13(8-10-15)20(2,17)18/h3-6,13H,7-10H2,1-2H3. The highest BCUT2D eigenvalue weighted by Gasteiger charge is 2.29. The number of hydrogen-bond donors (Lipinski definition) is 0. The van der Waals surface area contributed by atoms with Crippen LogP contribution in [0.3, 0.4) is 0 Å². The fourth-order valence-corrected chi connectivity index (χ4v) is 3.47. The molecule has 0 N–H and O–H groups in total. The first-order valence-electron chi connectivity index (χ1n) is 6.54. The van der Waals surface area contributed by atoms with E-state index in [0.29, 0.717) is 37.2 Å². The van der Waals surface area contributed by atoms with Gasteiger partial charge in [0.25, 0.3) is 5.91 Å². The lowest BCUT2D eigenvalue weighted by Gasteiger charge is -2.31. The van der Waals surface area contributed by atoms with Gasteiger partial charge in [0, 0.05) is 24.9 Å². The molecule has 0 aliphatic carbocycles. The maximum atomic E-state index is 12.3. The van der Waals surface area contributed by atoms with Crippen LogP contribution in [0.2, 0.25) is 0 Å². The summed E-state index contributed by atoms with van der Waals surface area (Å²) in [6.07, 6.45) is 2.29. The number of piperidine rings is 1. The molecule has 1 fully saturated rings. The number of rotatable bonds is 3. The van der Waals surface area contributed by atoms with Gasteiger partial charge in [-0.25, -0.2) is 8.42 Å². The topological polar surface area (TPSA) is 63.7 Å². The Morgan fingerprint density at radius 2 is 1.75 bits per heavy atom. The van der Waals surface area contributed by atoms with Crippen molar-refractivity contribution in [1.29, 1.82) is 0 Å². The van der Waals surface area contributed by atoms with Crippen molar-refractivity contribution in [1.82, 2.24) is 4.90 Å². The normalized spacial score (nSPS) is 17.0. The Kier molecular flexibility index (Phi) is 4.32. The highest BCUT2D eigenvalue weighted by atomic mass is 32.2. The lowest BCUT2D eigenvalue weighted by Crippen LogP contribution is -2.42. The summed E-state index contributed by atoms with van der Waals surface area (Å²) in [5.41, 5.74) is 0.601. The molecule has 1 aliphatic rings. The van der Waals surface area contributed by atoms with Gasteiger partial charge in [0.15, 0.2) is 0 Å². The molecule has 1 saturated heterocycles. The van der Waals surface area contributed by atoms with Crippen LogP contribution < -0.4 is 4.74 Å². The lowest BCUT2D eigenvalue weighted by molar-refractivity contribution is 0.0725. The summed E-state index contributed by atoms with van der Waals surface area (Å²) in [4.78, 5) is 14.0. The number of hydrogen-bond acceptors (Lipinski definition) is 4. The predicted octanol–water partition coefficient (Wildman–Crippen LogP) is 1.34. The average Bonchev–Trinajstić information content (AvgIpc) is 2.46. The van der Waals surface area contributed by atoms with Crippen molar-refractivity contribution < 1.29 is 17.9 Å². The van der Waals surface area contributed by atoms with Gasteiger partial charge in [-0.05, 0) is 37.1 Å². The SMILES string of the molecule is COc1ccc(C(=O)N2CCC(S(C)(=O)=O)CC2)cc1. The second-order valence-corrected chi connectivity index (χ2v) is 7.38. The molecule has 1 heterocycles. The monoisotopic (exact) mass is 297 g/mol. The molecule has 0 radical (unpaired) electrons. The molecule has 0 aromatic heterocycles. The van der Waals surface area contributed by atoms with Gasteiger partial charge in [0.1, 0.15) is 15.6 Å². The minimum Gasteiger partial charge on any atom is -0.497 e. The number of ether oxygens (including phenoxy) is 1. The van der Waals surface area contributed by atoms with Crippen LogP contribution in [0, 0.1) is 0 Å². The molecule has 0 spiro atoms. The molecule has 20 heavy (non-hydrogen) atoms. The molecule has 2 rings (SSSR count). The van der Waals surface area contributed by atoms with Gasteiger partial charge in [-0.15, -0.1) is 0 Å². The van der Waals surface area contributed by atoms with Crippen molar-refractivity contribution in [2.24, 2.45) is 0 Å². The summed E-state index contributed by atoms with van der Waals surface area (Å²) in [7, 11) is -1.43. The van der Waals surface area contributed by atoms with Crippen LogP contribution in [0.5, 0.6) is 5.75 Å². The van der Waals surface area contributed by atoms with E-state index in [0.717, 1.165) is 0 Å². The highest BCUT2D eigenvalue weighted by molar-refractivity contribution is 7.91. The number of carbonyl (C=O) groups is 1. The molecular formula is C14H19NO4S. The molecular weight excluding hydrogens is 278 g/mol. The first kappa shape index (κ1) is 14.8. The Morgan fingerprint density at radius 3 is 2.20 bits per heavy atom. The third-order valence-electron chi connectivity index (χ3n) is 3.67.